The lowest BCUT2D eigenvalue weighted by Crippen LogP contribution is -2.11. The fraction of sp³-hybridized carbons (Fsp3) is 0.0588. The molecule has 0 aliphatic carbocycles. The molecule has 0 saturated carbocycles. The monoisotopic (exact) mass is 389 g/mol. The molecule has 1 N–H and O–H groups in total. The maximum absolute atomic E-state index is 12.2. The summed E-state index contributed by atoms with van der Waals surface area (Å²) < 4.78 is 2.70. The topological polar surface area (TPSA) is 46.9 Å². The van der Waals surface area contributed by atoms with E-state index in [4.69, 9.17) is 11.6 Å². The van der Waals surface area contributed by atoms with Gasteiger partial charge in [0.1, 0.15) is 0 Å². The number of hydrogen-bond acceptors (Lipinski definition) is 2. The van der Waals surface area contributed by atoms with Gasteiger partial charge in [-0.05, 0) is 42.0 Å². The van der Waals surface area contributed by atoms with Crippen molar-refractivity contribution in [2.24, 2.45) is 0 Å². The van der Waals surface area contributed by atoms with Gasteiger partial charge in [-0.1, -0.05) is 39.7 Å². The first kappa shape index (κ1) is 15.8. The number of halogens is 2. The van der Waals surface area contributed by atoms with Crippen LogP contribution in [0.3, 0.4) is 0 Å². The Morgan fingerprint density at radius 3 is 2.52 bits per heavy atom. The van der Waals surface area contributed by atoms with Crippen LogP contribution in [0.2, 0.25) is 5.02 Å². The molecule has 0 saturated heterocycles. The van der Waals surface area contributed by atoms with E-state index in [1.165, 1.54) is 0 Å². The van der Waals surface area contributed by atoms with E-state index >= 15 is 0 Å². The maximum Gasteiger partial charge on any atom is 0.255 e. The van der Waals surface area contributed by atoms with Crippen molar-refractivity contribution in [2.75, 3.05) is 5.32 Å². The SMILES string of the molecule is O=C(Nc1cnn(Cc2ccc(Cl)cc2)c1)c1ccc(Br)cc1. The molecule has 2 aromatic carbocycles. The van der Waals surface area contributed by atoms with Crippen LogP contribution in [-0.4, -0.2) is 15.7 Å². The highest BCUT2D eigenvalue weighted by Crippen LogP contribution is 2.14. The molecule has 1 amide bonds. The number of carbonyl (C=O) groups is 1. The van der Waals surface area contributed by atoms with E-state index in [1.54, 1.807) is 29.2 Å². The van der Waals surface area contributed by atoms with Crippen LogP contribution in [0, 0.1) is 0 Å². The quantitative estimate of drug-likeness (QED) is 0.708. The second-order valence-corrected chi connectivity index (χ2v) is 6.37. The molecule has 0 fully saturated rings. The molecule has 3 aromatic rings. The van der Waals surface area contributed by atoms with Crippen LogP contribution in [0.1, 0.15) is 15.9 Å². The molecule has 0 aliphatic rings. The third-order valence-corrected chi connectivity index (χ3v) is 4.04. The number of rotatable bonds is 4. The summed E-state index contributed by atoms with van der Waals surface area (Å²) in [5.41, 5.74) is 2.34. The first-order valence-electron chi connectivity index (χ1n) is 6.94. The average Bonchev–Trinajstić information content (AvgIpc) is 2.97. The number of hydrogen-bond donors (Lipinski definition) is 1. The molecular weight excluding hydrogens is 378 g/mol. The molecule has 6 heteroatoms. The lowest BCUT2D eigenvalue weighted by atomic mass is 10.2. The fourth-order valence-corrected chi connectivity index (χ4v) is 2.49. The number of anilines is 1. The predicted octanol–water partition coefficient (Wildman–Crippen LogP) is 4.60. The Morgan fingerprint density at radius 1 is 1.13 bits per heavy atom. The van der Waals surface area contributed by atoms with Crippen molar-refractivity contribution in [1.29, 1.82) is 0 Å². The van der Waals surface area contributed by atoms with Crippen molar-refractivity contribution in [1.82, 2.24) is 9.78 Å². The highest BCUT2D eigenvalue weighted by atomic mass is 79.9. The van der Waals surface area contributed by atoms with Crippen molar-refractivity contribution in [3.8, 4) is 0 Å². The summed E-state index contributed by atoms with van der Waals surface area (Å²) in [6.45, 7) is 0.616. The van der Waals surface area contributed by atoms with Crippen LogP contribution < -0.4 is 5.32 Å². The lowest BCUT2D eigenvalue weighted by molar-refractivity contribution is 0.102. The minimum atomic E-state index is -0.163. The van der Waals surface area contributed by atoms with Gasteiger partial charge in [0.25, 0.3) is 5.91 Å². The molecule has 4 nitrogen and oxygen atoms in total. The molecule has 0 aliphatic heterocycles. The number of carbonyl (C=O) groups excluding carboxylic acids is 1. The van der Waals surface area contributed by atoms with Gasteiger partial charge in [0.15, 0.2) is 0 Å². The summed E-state index contributed by atoms with van der Waals surface area (Å²) in [6, 6.07) is 14.8. The number of benzene rings is 2. The molecule has 0 atom stereocenters. The Balaban J connectivity index is 1.66. The van der Waals surface area contributed by atoms with Gasteiger partial charge in [0, 0.05) is 21.3 Å². The van der Waals surface area contributed by atoms with Gasteiger partial charge in [-0.2, -0.15) is 5.10 Å². The van der Waals surface area contributed by atoms with E-state index in [-0.39, 0.29) is 5.91 Å². The smallest absolute Gasteiger partial charge is 0.255 e. The van der Waals surface area contributed by atoms with Gasteiger partial charge >= 0.3 is 0 Å². The molecule has 116 valence electrons. The molecule has 3 rings (SSSR count). The minimum absolute atomic E-state index is 0.163. The zero-order valence-electron chi connectivity index (χ0n) is 12.0. The van der Waals surface area contributed by atoms with Crippen LogP contribution in [0.25, 0.3) is 0 Å². The van der Waals surface area contributed by atoms with E-state index in [1.807, 2.05) is 36.4 Å². The zero-order chi connectivity index (χ0) is 16.2. The van der Waals surface area contributed by atoms with Crippen molar-refractivity contribution in [3.63, 3.8) is 0 Å². The molecule has 0 radical (unpaired) electrons. The van der Waals surface area contributed by atoms with Crippen molar-refractivity contribution >= 4 is 39.1 Å². The summed E-state index contributed by atoms with van der Waals surface area (Å²) >= 11 is 9.22. The first-order valence-corrected chi connectivity index (χ1v) is 8.11. The van der Waals surface area contributed by atoms with E-state index in [9.17, 15) is 4.79 Å². The minimum Gasteiger partial charge on any atom is -0.319 e. The first-order chi connectivity index (χ1) is 11.1. The van der Waals surface area contributed by atoms with E-state index in [2.05, 4.69) is 26.3 Å². The number of nitrogens with one attached hydrogen (secondary N) is 1. The predicted molar refractivity (Wildman–Crippen MR) is 94.9 cm³/mol. The van der Waals surface area contributed by atoms with Crippen molar-refractivity contribution in [3.05, 3.63) is 81.5 Å². The molecular formula is C17H13BrClN3O. The Kier molecular flexibility index (Phi) is 4.79. The average molecular weight is 391 g/mol. The van der Waals surface area contributed by atoms with Crippen LogP contribution in [0.5, 0.6) is 0 Å². The Morgan fingerprint density at radius 2 is 1.83 bits per heavy atom. The number of nitrogens with zero attached hydrogens (tertiary/aromatic N) is 2. The van der Waals surface area contributed by atoms with E-state index in [0.717, 1.165) is 10.0 Å². The summed E-state index contributed by atoms with van der Waals surface area (Å²) in [5.74, 6) is -0.163. The van der Waals surface area contributed by atoms with Crippen LogP contribution in [0.4, 0.5) is 5.69 Å². The van der Waals surface area contributed by atoms with E-state index in [0.29, 0.717) is 22.8 Å². The van der Waals surface area contributed by atoms with Crippen LogP contribution in [0.15, 0.2) is 65.4 Å². The van der Waals surface area contributed by atoms with Crippen LogP contribution >= 0.6 is 27.5 Å². The summed E-state index contributed by atoms with van der Waals surface area (Å²) in [4.78, 5) is 12.2. The highest BCUT2D eigenvalue weighted by Gasteiger charge is 2.07. The summed E-state index contributed by atoms with van der Waals surface area (Å²) in [7, 11) is 0. The zero-order valence-corrected chi connectivity index (χ0v) is 14.4. The lowest BCUT2D eigenvalue weighted by Gasteiger charge is -2.03. The van der Waals surface area contributed by atoms with E-state index < -0.39 is 0 Å². The van der Waals surface area contributed by atoms with Crippen molar-refractivity contribution < 1.29 is 4.79 Å². The second-order valence-electron chi connectivity index (χ2n) is 5.01. The third kappa shape index (κ3) is 4.21. The molecule has 0 spiro atoms. The standard InChI is InChI=1S/C17H13BrClN3O/c18-14-5-3-13(4-6-14)17(23)21-16-9-20-22(11-16)10-12-1-7-15(19)8-2-12/h1-9,11H,10H2,(H,21,23). The van der Waals surface area contributed by atoms with Gasteiger partial charge < -0.3 is 5.32 Å². The molecule has 23 heavy (non-hydrogen) atoms. The second kappa shape index (κ2) is 6.98. The Bertz CT molecular complexity index is 813. The van der Waals surface area contributed by atoms with Gasteiger partial charge in [0.2, 0.25) is 0 Å². The van der Waals surface area contributed by atoms with Crippen molar-refractivity contribution in [2.45, 2.75) is 6.54 Å². The van der Waals surface area contributed by atoms with Gasteiger partial charge in [0.05, 0.1) is 18.4 Å². The Labute approximate surface area is 147 Å². The fourth-order valence-electron chi connectivity index (χ4n) is 2.10. The van der Waals surface area contributed by atoms with Gasteiger partial charge in [-0.25, -0.2) is 0 Å². The number of amides is 1. The normalized spacial score (nSPS) is 10.5. The summed E-state index contributed by atoms with van der Waals surface area (Å²) in [5, 5.41) is 7.80. The molecule has 1 aromatic heterocycles. The molecule has 1 heterocycles. The molecule has 0 bridgehead atoms. The van der Waals surface area contributed by atoms with Crippen LogP contribution in [-0.2, 0) is 6.54 Å². The number of aromatic nitrogens is 2. The van der Waals surface area contributed by atoms with Gasteiger partial charge in [-0.15, -0.1) is 0 Å². The molecule has 0 unspecified atom stereocenters. The third-order valence-electron chi connectivity index (χ3n) is 3.26. The largest absolute Gasteiger partial charge is 0.319 e. The maximum atomic E-state index is 12.2. The highest BCUT2D eigenvalue weighted by molar-refractivity contribution is 9.10. The van der Waals surface area contributed by atoms with Gasteiger partial charge in [-0.3, -0.25) is 9.48 Å². The summed E-state index contributed by atoms with van der Waals surface area (Å²) in [6.07, 6.45) is 3.43. The Hall–Kier alpha value is -2.11.